The van der Waals surface area contributed by atoms with Crippen molar-refractivity contribution in [3.63, 3.8) is 0 Å². The van der Waals surface area contributed by atoms with Gasteiger partial charge in [-0.25, -0.2) is 4.98 Å². The third-order valence-corrected chi connectivity index (χ3v) is 2.93. The molecule has 0 fully saturated rings. The number of H-pyrrole nitrogens is 1. The molecule has 16 heavy (non-hydrogen) atoms. The molecule has 0 saturated carbocycles. The van der Waals surface area contributed by atoms with Gasteiger partial charge in [0.1, 0.15) is 11.0 Å². The Balaban J connectivity index is 2.71. The van der Waals surface area contributed by atoms with Crippen LogP contribution in [-0.2, 0) is 7.05 Å². The van der Waals surface area contributed by atoms with Gasteiger partial charge in [-0.1, -0.05) is 11.6 Å². The molecular weight excluding hydrogens is 202 g/mol. The third-order valence-electron chi connectivity index (χ3n) is 2.93. The number of fused-ring (bicyclic) bond motifs is 3. The molecule has 4 heteroatoms. The maximum Gasteiger partial charge on any atom is 0.275 e. The predicted octanol–water partition coefficient (Wildman–Crippen LogP) is 1.72. The summed E-state index contributed by atoms with van der Waals surface area (Å²) < 4.78 is 1.88. The van der Waals surface area contributed by atoms with E-state index in [1.807, 2.05) is 30.7 Å². The van der Waals surface area contributed by atoms with Crippen LogP contribution < -0.4 is 5.56 Å². The van der Waals surface area contributed by atoms with E-state index in [9.17, 15) is 4.79 Å². The number of aryl methyl sites for hydroxylation is 2. The van der Waals surface area contributed by atoms with E-state index < -0.39 is 0 Å². The summed E-state index contributed by atoms with van der Waals surface area (Å²) in [4.78, 5) is 18.6. The second-order valence-electron chi connectivity index (χ2n) is 4.01. The first-order chi connectivity index (χ1) is 7.68. The van der Waals surface area contributed by atoms with E-state index in [-0.39, 0.29) is 5.56 Å². The normalized spacial score (nSPS) is 11.4. The summed E-state index contributed by atoms with van der Waals surface area (Å²) >= 11 is 0. The van der Waals surface area contributed by atoms with E-state index in [0.29, 0.717) is 5.52 Å². The van der Waals surface area contributed by atoms with Gasteiger partial charge >= 0.3 is 0 Å². The van der Waals surface area contributed by atoms with Gasteiger partial charge in [0.05, 0.1) is 11.8 Å². The van der Waals surface area contributed by atoms with Crippen LogP contribution in [0.15, 0.2) is 29.3 Å². The Labute approximate surface area is 91.5 Å². The van der Waals surface area contributed by atoms with Gasteiger partial charge in [-0.3, -0.25) is 4.79 Å². The minimum absolute atomic E-state index is 0.0960. The fourth-order valence-electron chi connectivity index (χ4n) is 2.15. The van der Waals surface area contributed by atoms with Crippen molar-refractivity contribution in [1.82, 2.24) is 14.5 Å². The van der Waals surface area contributed by atoms with Crippen molar-refractivity contribution in [1.29, 1.82) is 0 Å². The zero-order valence-electron chi connectivity index (χ0n) is 9.11. The molecule has 80 valence electrons. The number of nitrogens with one attached hydrogen (secondary N) is 1. The van der Waals surface area contributed by atoms with E-state index in [2.05, 4.69) is 16.0 Å². The first-order valence-corrected chi connectivity index (χ1v) is 5.11. The number of aromatic nitrogens is 3. The molecule has 1 aromatic carbocycles. The molecular formula is C12H11N3O. The van der Waals surface area contributed by atoms with Crippen molar-refractivity contribution in [2.75, 3.05) is 0 Å². The molecule has 0 aliphatic carbocycles. The lowest BCUT2D eigenvalue weighted by Crippen LogP contribution is -2.09. The summed E-state index contributed by atoms with van der Waals surface area (Å²) in [5, 5.41) is 1.03. The van der Waals surface area contributed by atoms with Gasteiger partial charge in [0, 0.05) is 12.4 Å². The molecule has 0 atom stereocenters. The summed E-state index contributed by atoms with van der Waals surface area (Å²) in [6, 6.07) is 6.12. The van der Waals surface area contributed by atoms with Crippen LogP contribution in [0.3, 0.4) is 0 Å². The first-order valence-electron chi connectivity index (χ1n) is 5.11. The molecule has 0 spiro atoms. The zero-order valence-corrected chi connectivity index (χ0v) is 9.11. The average Bonchev–Trinajstić information content (AvgIpc) is 2.54. The summed E-state index contributed by atoms with van der Waals surface area (Å²) in [6.45, 7) is 2.03. The second kappa shape index (κ2) is 2.95. The Morgan fingerprint density at radius 3 is 3.00 bits per heavy atom. The number of rotatable bonds is 0. The Morgan fingerprint density at radius 1 is 1.38 bits per heavy atom. The van der Waals surface area contributed by atoms with Gasteiger partial charge in [-0.15, -0.1) is 0 Å². The summed E-state index contributed by atoms with van der Waals surface area (Å²) in [5.41, 5.74) is 3.50. The molecule has 2 aromatic heterocycles. The van der Waals surface area contributed by atoms with Crippen molar-refractivity contribution in [2.45, 2.75) is 6.92 Å². The van der Waals surface area contributed by atoms with Gasteiger partial charge < -0.3 is 9.55 Å². The molecule has 0 unspecified atom stereocenters. The Bertz CT molecular complexity index is 752. The SMILES string of the molecule is Cc1ccc2c(c1)c1nc[nH]c(=O)c1n2C. The van der Waals surface area contributed by atoms with Crippen LogP contribution in [0, 0.1) is 6.92 Å². The van der Waals surface area contributed by atoms with E-state index in [1.165, 1.54) is 11.9 Å². The number of aromatic amines is 1. The minimum Gasteiger partial charge on any atom is -0.338 e. The zero-order chi connectivity index (χ0) is 11.3. The molecule has 2 heterocycles. The average molecular weight is 213 g/mol. The Kier molecular flexibility index (Phi) is 1.68. The highest BCUT2D eigenvalue weighted by Crippen LogP contribution is 2.24. The summed E-state index contributed by atoms with van der Waals surface area (Å²) in [7, 11) is 1.89. The predicted molar refractivity (Wildman–Crippen MR) is 63.6 cm³/mol. The Hall–Kier alpha value is -2.10. The van der Waals surface area contributed by atoms with Gasteiger partial charge in [0.2, 0.25) is 0 Å². The first kappa shape index (κ1) is 9.15. The van der Waals surface area contributed by atoms with Crippen molar-refractivity contribution < 1.29 is 0 Å². The van der Waals surface area contributed by atoms with Crippen LogP contribution in [0.4, 0.5) is 0 Å². The van der Waals surface area contributed by atoms with Crippen LogP contribution >= 0.6 is 0 Å². The van der Waals surface area contributed by atoms with Crippen molar-refractivity contribution >= 4 is 21.9 Å². The number of hydrogen-bond acceptors (Lipinski definition) is 2. The number of nitrogens with zero attached hydrogens (tertiary/aromatic N) is 2. The molecule has 0 radical (unpaired) electrons. The van der Waals surface area contributed by atoms with E-state index in [4.69, 9.17) is 0 Å². The standard InChI is InChI=1S/C12H11N3O/c1-7-3-4-9-8(5-7)10-11(15(9)2)12(16)14-6-13-10/h3-6H,1-2H3,(H,13,14,16). The molecule has 0 saturated heterocycles. The van der Waals surface area contributed by atoms with E-state index in [1.54, 1.807) is 0 Å². The largest absolute Gasteiger partial charge is 0.338 e. The lowest BCUT2D eigenvalue weighted by atomic mass is 10.2. The van der Waals surface area contributed by atoms with Crippen molar-refractivity contribution in [3.8, 4) is 0 Å². The van der Waals surface area contributed by atoms with Crippen LogP contribution in [0.1, 0.15) is 5.56 Å². The molecule has 3 rings (SSSR count). The molecule has 0 aliphatic rings. The van der Waals surface area contributed by atoms with Crippen molar-refractivity contribution in [2.24, 2.45) is 7.05 Å². The quantitative estimate of drug-likeness (QED) is 0.618. The van der Waals surface area contributed by atoms with Gasteiger partial charge in [0.25, 0.3) is 5.56 Å². The number of benzene rings is 1. The van der Waals surface area contributed by atoms with Crippen LogP contribution in [0.5, 0.6) is 0 Å². The second-order valence-corrected chi connectivity index (χ2v) is 4.01. The molecule has 3 aromatic rings. The van der Waals surface area contributed by atoms with Gasteiger partial charge in [-0.05, 0) is 19.1 Å². The van der Waals surface area contributed by atoms with Crippen molar-refractivity contribution in [3.05, 3.63) is 40.4 Å². The highest BCUT2D eigenvalue weighted by molar-refractivity contribution is 6.05. The molecule has 1 N–H and O–H groups in total. The maximum absolute atomic E-state index is 11.7. The minimum atomic E-state index is -0.0960. The lowest BCUT2D eigenvalue weighted by Gasteiger charge is -1.96. The Morgan fingerprint density at radius 2 is 2.19 bits per heavy atom. The van der Waals surface area contributed by atoms with Gasteiger partial charge in [-0.2, -0.15) is 0 Å². The fraction of sp³-hybridized carbons (Fsp3) is 0.167. The monoisotopic (exact) mass is 213 g/mol. The molecule has 0 aliphatic heterocycles. The van der Waals surface area contributed by atoms with Crippen LogP contribution in [0.2, 0.25) is 0 Å². The maximum atomic E-state index is 11.7. The third kappa shape index (κ3) is 1.04. The molecule has 0 amide bonds. The highest BCUT2D eigenvalue weighted by atomic mass is 16.1. The van der Waals surface area contributed by atoms with Crippen LogP contribution in [0.25, 0.3) is 21.9 Å². The van der Waals surface area contributed by atoms with E-state index >= 15 is 0 Å². The highest BCUT2D eigenvalue weighted by Gasteiger charge is 2.11. The summed E-state index contributed by atoms with van der Waals surface area (Å²) in [6.07, 6.45) is 1.45. The van der Waals surface area contributed by atoms with Crippen LogP contribution in [-0.4, -0.2) is 14.5 Å². The fourth-order valence-corrected chi connectivity index (χ4v) is 2.15. The van der Waals surface area contributed by atoms with E-state index in [0.717, 1.165) is 16.4 Å². The van der Waals surface area contributed by atoms with Gasteiger partial charge in [0.15, 0.2) is 0 Å². The molecule has 0 bridgehead atoms. The smallest absolute Gasteiger partial charge is 0.275 e. The molecule has 4 nitrogen and oxygen atoms in total. The lowest BCUT2D eigenvalue weighted by molar-refractivity contribution is 0.992. The topological polar surface area (TPSA) is 50.7 Å². The summed E-state index contributed by atoms with van der Waals surface area (Å²) in [5.74, 6) is 0. The number of hydrogen-bond donors (Lipinski definition) is 1.